The van der Waals surface area contributed by atoms with Gasteiger partial charge in [-0.2, -0.15) is 0 Å². The zero-order valence-corrected chi connectivity index (χ0v) is 11.2. The van der Waals surface area contributed by atoms with E-state index in [-0.39, 0.29) is 17.5 Å². The molecule has 1 fully saturated rings. The van der Waals surface area contributed by atoms with Gasteiger partial charge in [0.05, 0.1) is 11.5 Å². The molecule has 0 amide bonds. The Morgan fingerprint density at radius 3 is 2.83 bits per heavy atom. The molecular weight excluding hydrogens is 252 g/mol. The quantitative estimate of drug-likeness (QED) is 0.827. The molecule has 0 aliphatic carbocycles. The van der Waals surface area contributed by atoms with Crippen LogP contribution < -0.4 is 10.6 Å². The second-order valence-electron chi connectivity index (χ2n) is 4.46. The van der Waals surface area contributed by atoms with Crippen molar-refractivity contribution >= 4 is 21.5 Å². The maximum Gasteiger partial charge on any atom is 0.152 e. The van der Waals surface area contributed by atoms with E-state index < -0.39 is 9.84 Å². The molecule has 1 aromatic heterocycles. The van der Waals surface area contributed by atoms with Gasteiger partial charge in [0.2, 0.25) is 0 Å². The third-order valence-electron chi connectivity index (χ3n) is 2.81. The van der Waals surface area contributed by atoms with Crippen molar-refractivity contribution in [2.24, 2.45) is 0 Å². The Kier molecular flexibility index (Phi) is 4.00. The van der Waals surface area contributed by atoms with Crippen LogP contribution in [0.15, 0.2) is 12.4 Å². The molecule has 7 heteroatoms. The van der Waals surface area contributed by atoms with Crippen molar-refractivity contribution in [1.29, 1.82) is 0 Å². The predicted molar refractivity (Wildman–Crippen MR) is 71.5 cm³/mol. The number of anilines is 2. The van der Waals surface area contributed by atoms with Crippen LogP contribution in [0.1, 0.15) is 19.8 Å². The second-order valence-corrected chi connectivity index (χ2v) is 6.69. The number of hydrogen-bond acceptors (Lipinski definition) is 6. The van der Waals surface area contributed by atoms with Crippen LogP contribution in [-0.4, -0.2) is 42.5 Å². The molecule has 100 valence electrons. The summed E-state index contributed by atoms with van der Waals surface area (Å²) >= 11 is 0. The molecule has 2 N–H and O–H groups in total. The smallest absolute Gasteiger partial charge is 0.152 e. The molecule has 2 heterocycles. The largest absolute Gasteiger partial charge is 0.370 e. The third kappa shape index (κ3) is 3.56. The van der Waals surface area contributed by atoms with E-state index in [1.54, 1.807) is 6.07 Å². The van der Waals surface area contributed by atoms with Crippen molar-refractivity contribution in [3.8, 4) is 0 Å². The highest BCUT2D eigenvalue weighted by Crippen LogP contribution is 2.17. The molecule has 1 atom stereocenters. The lowest BCUT2D eigenvalue weighted by atomic mass is 10.2. The van der Waals surface area contributed by atoms with Crippen molar-refractivity contribution in [3.05, 3.63) is 12.4 Å². The summed E-state index contributed by atoms with van der Waals surface area (Å²) in [6, 6.07) is 1.77. The van der Waals surface area contributed by atoms with E-state index in [0.29, 0.717) is 12.2 Å². The zero-order valence-electron chi connectivity index (χ0n) is 10.4. The monoisotopic (exact) mass is 270 g/mol. The summed E-state index contributed by atoms with van der Waals surface area (Å²) in [6.45, 7) is 2.94. The maximum atomic E-state index is 11.4. The number of sulfone groups is 1. The van der Waals surface area contributed by atoms with Crippen LogP contribution in [-0.2, 0) is 9.84 Å². The Bertz CT molecular complexity index is 504. The Balaban J connectivity index is 1.97. The van der Waals surface area contributed by atoms with Crippen LogP contribution in [0.4, 0.5) is 11.6 Å². The normalized spacial score (nSPS) is 21.7. The molecular formula is C11H18N4O2S. The number of nitrogens with zero attached hydrogens (tertiary/aromatic N) is 2. The van der Waals surface area contributed by atoms with Crippen LogP contribution in [0.25, 0.3) is 0 Å². The molecule has 18 heavy (non-hydrogen) atoms. The Morgan fingerprint density at radius 2 is 2.17 bits per heavy atom. The summed E-state index contributed by atoms with van der Waals surface area (Å²) in [7, 11) is -2.86. The molecule has 6 nitrogen and oxygen atoms in total. The van der Waals surface area contributed by atoms with E-state index in [1.165, 1.54) is 6.33 Å². The van der Waals surface area contributed by atoms with Crippen LogP contribution in [0, 0.1) is 0 Å². The summed E-state index contributed by atoms with van der Waals surface area (Å²) in [4.78, 5) is 8.20. The minimum absolute atomic E-state index is 0.0380. The summed E-state index contributed by atoms with van der Waals surface area (Å²) in [5, 5.41) is 6.31. The van der Waals surface area contributed by atoms with Crippen molar-refractivity contribution in [2.45, 2.75) is 25.8 Å². The SMILES string of the molecule is CCCNc1cc(NC2CCS(=O)(=O)C2)ncn1. The number of aromatic nitrogens is 2. The first-order chi connectivity index (χ1) is 8.59. The summed E-state index contributed by atoms with van der Waals surface area (Å²) in [5.74, 6) is 1.88. The molecule has 0 radical (unpaired) electrons. The van der Waals surface area contributed by atoms with Gasteiger partial charge in [-0.3, -0.25) is 0 Å². The fraction of sp³-hybridized carbons (Fsp3) is 0.636. The lowest BCUT2D eigenvalue weighted by molar-refractivity contribution is 0.602. The molecule has 0 aromatic carbocycles. The van der Waals surface area contributed by atoms with E-state index in [4.69, 9.17) is 0 Å². The molecule has 1 aliphatic heterocycles. The van der Waals surface area contributed by atoms with Gasteiger partial charge in [0, 0.05) is 18.7 Å². The fourth-order valence-electron chi connectivity index (χ4n) is 1.90. The highest BCUT2D eigenvalue weighted by atomic mass is 32.2. The highest BCUT2D eigenvalue weighted by Gasteiger charge is 2.27. The first-order valence-electron chi connectivity index (χ1n) is 6.12. The second kappa shape index (κ2) is 5.51. The summed E-state index contributed by atoms with van der Waals surface area (Å²) in [5.41, 5.74) is 0. The Hall–Kier alpha value is -1.37. The molecule has 1 aromatic rings. The lowest BCUT2D eigenvalue weighted by Crippen LogP contribution is -2.21. The van der Waals surface area contributed by atoms with Gasteiger partial charge in [0.25, 0.3) is 0 Å². The van der Waals surface area contributed by atoms with E-state index >= 15 is 0 Å². The van der Waals surface area contributed by atoms with E-state index in [1.807, 2.05) is 0 Å². The molecule has 0 bridgehead atoms. The number of hydrogen-bond donors (Lipinski definition) is 2. The molecule has 2 rings (SSSR count). The van der Waals surface area contributed by atoms with E-state index in [9.17, 15) is 8.42 Å². The minimum Gasteiger partial charge on any atom is -0.370 e. The van der Waals surface area contributed by atoms with Gasteiger partial charge >= 0.3 is 0 Å². The van der Waals surface area contributed by atoms with Crippen molar-refractivity contribution in [2.75, 3.05) is 28.7 Å². The van der Waals surface area contributed by atoms with Crippen LogP contribution in [0.5, 0.6) is 0 Å². The van der Waals surface area contributed by atoms with Gasteiger partial charge in [-0.25, -0.2) is 18.4 Å². The van der Waals surface area contributed by atoms with E-state index in [0.717, 1.165) is 18.8 Å². The van der Waals surface area contributed by atoms with Crippen LogP contribution in [0.3, 0.4) is 0 Å². The molecule has 0 spiro atoms. The van der Waals surface area contributed by atoms with Crippen molar-refractivity contribution in [3.63, 3.8) is 0 Å². The Labute approximate surface area is 107 Å². The standard InChI is InChI=1S/C11H18N4O2S/c1-2-4-12-10-6-11(14-8-13-10)15-9-3-5-18(16,17)7-9/h6,8-9H,2-5,7H2,1H3,(H2,12,13,14,15). The third-order valence-corrected chi connectivity index (χ3v) is 4.58. The lowest BCUT2D eigenvalue weighted by Gasteiger charge is -2.12. The van der Waals surface area contributed by atoms with Gasteiger partial charge in [-0.1, -0.05) is 6.92 Å². The van der Waals surface area contributed by atoms with Gasteiger partial charge in [-0.15, -0.1) is 0 Å². The highest BCUT2D eigenvalue weighted by molar-refractivity contribution is 7.91. The molecule has 0 saturated carbocycles. The fourth-order valence-corrected chi connectivity index (χ4v) is 3.58. The first kappa shape index (κ1) is 13.1. The van der Waals surface area contributed by atoms with Gasteiger partial charge in [-0.05, 0) is 12.8 Å². The van der Waals surface area contributed by atoms with Gasteiger partial charge in [0.15, 0.2) is 9.84 Å². The van der Waals surface area contributed by atoms with E-state index in [2.05, 4.69) is 27.5 Å². The summed E-state index contributed by atoms with van der Waals surface area (Å²) in [6.07, 6.45) is 3.14. The van der Waals surface area contributed by atoms with Crippen LogP contribution >= 0.6 is 0 Å². The van der Waals surface area contributed by atoms with Gasteiger partial charge in [0.1, 0.15) is 18.0 Å². The Morgan fingerprint density at radius 1 is 1.39 bits per heavy atom. The molecule has 1 unspecified atom stereocenters. The average Bonchev–Trinajstić information content (AvgIpc) is 2.66. The van der Waals surface area contributed by atoms with Crippen molar-refractivity contribution < 1.29 is 8.42 Å². The topological polar surface area (TPSA) is 84.0 Å². The van der Waals surface area contributed by atoms with Gasteiger partial charge < -0.3 is 10.6 Å². The molecule has 1 aliphatic rings. The first-order valence-corrected chi connectivity index (χ1v) is 7.94. The van der Waals surface area contributed by atoms with Crippen molar-refractivity contribution in [1.82, 2.24) is 9.97 Å². The number of rotatable bonds is 5. The zero-order chi connectivity index (χ0) is 13.0. The average molecular weight is 270 g/mol. The summed E-state index contributed by atoms with van der Waals surface area (Å²) < 4.78 is 22.7. The minimum atomic E-state index is -2.86. The molecule has 1 saturated heterocycles. The predicted octanol–water partition coefficient (Wildman–Crippen LogP) is 0.897. The maximum absolute atomic E-state index is 11.4. The number of nitrogens with one attached hydrogen (secondary N) is 2. The van der Waals surface area contributed by atoms with Crippen LogP contribution in [0.2, 0.25) is 0 Å².